The quantitative estimate of drug-likeness (QED) is 0.360. The van der Waals surface area contributed by atoms with Crippen LogP contribution in [0.25, 0.3) is 0 Å². The zero-order chi connectivity index (χ0) is 24.8. The molecule has 0 aliphatic rings. The minimum Gasteiger partial charge on any atom is -0.505 e. The summed E-state index contributed by atoms with van der Waals surface area (Å²) in [6.07, 6.45) is 1.69. The first-order chi connectivity index (χ1) is 16.2. The second-order valence-corrected chi connectivity index (χ2v) is 8.43. The monoisotopic (exact) mass is 465 g/mol. The van der Waals surface area contributed by atoms with Gasteiger partial charge in [-0.2, -0.15) is 0 Å². The zero-order valence-corrected chi connectivity index (χ0v) is 19.9. The Morgan fingerprint density at radius 1 is 1.09 bits per heavy atom. The maximum atomic E-state index is 13.5. The second-order valence-electron chi connectivity index (χ2n) is 8.43. The van der Waals surface area contributed by atoms with E-state index in [1.54, 1.807) is 26.2 Å². The number of amides is 1. The standard InChI is InChI=1S/C25H31N5O4/c1-5-10-16(2)26-20-21(27-19-14-9-13-18(22(19)31)24(33)29(3)4)25(34)30(28-23(20)32)15-17-11-7-6-8-12-17/h6-9,11-14,16,26-27,31H,5,10,15H2,1-4H3,(H,28,32). The largest absolute Gasteiger partial charge is 0.505 e. The fourth-order valence-corrected chi connectivity index (χ4v) is 3.66. The van der Waals surface area contributed by atoms with Gasteiger partial charge in [0.1, 0.15) is 11.4 Å². The molecule has 9 heteroatoms. The van der Waals surface area contributed by atoms with Gasteiger partial charge in [0.15, 0.2) is 5.75 Å². The van der Waals surface area contributed by atoms with Crippen LogP contribution in [-0.2, 0) is 6.54 Å². The molecule has 0 fully saturated rings. The number of rotatable bonds is 9. The van der Waals surface area contributed by atoms with Gasteiger partial charge in [0.2, 0.25) is 0 Å². The Kier molecular flexibility index (Phi) is 7.78. The fourth-order valence-electron chi connectivity index (χ4n) is 3.66. The lowest BCUT2D eigenvalue weighted by atomic mass is 10.1. The third-order valence-corrected chi connectivity index (χ3v) is 5.40. The first kappa shape index (κ1) is 24.6. The summed E-state index contributed by atoms with van der Waals surface area (Å²) in [5.41, 5.74) is 0.199. The SMILES string of the molecule is CCCC(C)Nc1c(Nc2cccc(C(=O)N(C)C)c2O)c(=O)n(Cc2ccccc2)[nH]c1=O. The molecule has 0 saturated heterocycles. The highest BCUT2D eigenvalue weighted by Gasteiger charge is 2.21. The Morgan fingerprint density at radius 3 is 2.44 bits per heavy atom. The van der Waals surface area contributed by atoms with Crippen molar-refractivity contribution in [2.24, 2.45) is 0 Å². The summed E-state index contributed by atoms with van der Waals surface area (Å²) >= 11 is 0. The molecule has 0 aliphatic carbocycles. The summed E-state index contributed by atoms with van der Waals surface area (Å²) in [6, 6.07) is 13.9. The number of nitrogens with one attached hydrogen (secondary N) is 3. The third kappa shape index (κ3) is 5.48. The van der Waals surface area contributed by atoms with Gasteiger partial charge < -0.3 is 20.6 Å². The van der Waals surface area contributed by atoms with E-state index in [0.717, 1.165) is 18.4 Å². The summed E-state index contributed by atoms with van der Waals surface area (Å²) in [5.74, 6) is -0.688. The first-order valence-corrected chi connectivity index (χ1v) is 11.2. The number of phenols is 1. The summed E-state index contributed by atoms with van der Waals surface area (Å²) in [6.45, 7) is 4.13. The number of carbonyl (C=O) groups is 1. The molecular formula is C25H31N5O4. The molecule has 0 radical (unpaired) electrons. The van der Waals surface area contributed by atoms with Gasteiger partial charge in [-0.1, -0.05) is 49.7 Å². The molecule has 0 aliphatic heterocycles. The van der Waals surface area contributed by atoms with E-state index >= 15 is 0 Å². The predicted molar refractivity (Wildman–Crippen MR) is 134 cm³/mol. The molecule has 34 heavy (non-hydrogen) atoms. The number of hydrogen-bond donors (Lipinski definition) is 4. The van der Waals surface area contributed by atoms with Crippen molar-refractivity contribution in [3.05, 3.63) is 80.4 Å². The molecule has 1 aromatic heterocycles. The van der Waals surface area contributed by atoms with Crippen molar-refractivity contribution < 1.29 is 9.90 Å². The summed E-state index contributed by atoms with van der Waals surface area (Å²) in [7, 11) is 3.16. The Balaban J connectivity index is 2.11. The van der Waals surface area contributed by atoms with Crippen LogP contribution in [0.4, 0.5) is 17.1 Å². The van der Waals surface area contributed by atoms with Gasteiger partial charge in [-0.25, -0.2) is 4.68 Å². The molecule has 1 amide bonds. The van der Waals surface area contributed by atoms with Crippen LogP contribution in [0.5, 0.6) is 5.75 Å². The summed E-state index contributed by atoms with van der Waals surface area (Å²) < 4.78 is 1.22. The molecule has 1 heterocycles. The van der Waals surface area contributed by atoms with Crippen LogP contribution in [-0.4, -0.2) is 45.8 Å². The Hall–Kier alpha value is -4.01. The highest BCUT2D eigenvalue weighted by Crippen LogP contribution is 2.31. The van der Waals surface area contributed by atoms with Gasteiger partial charge in [0.25, 0.3) is 17.0 Å². The lowest BCUT2D eigenvalue weighted by Crippen LogP contribution is -2.35. The average molecular weight is 466 g/mol. The van der Waals surface area contributed by atoms with Gasteiger partial charge in [0.05, 0.1) is 17.8 Å². The summed E-state index contributed by atoms with van der Waals surface area (Å²) in [5, 5.41) is 19.5. The Morgan fingerprint density at radius 2 is 1.79 bits per heavy atom. The number of benzene rings is 2. The minimum atomic E-state index is -0.474. The molecule has 0 saturated carbocycles. The predicted octanol–water partition coefficient (Wildman–Crippen LogP) is 3.34. The maximum absolute atomic E-state index is 13.5. The third-order valence-electron chi connectivity index (χ3n) is 5.40. The molecule has 3 rings (SSSR count). The van der Waals surface area contributed by atoms with Crippen LogP contribution < -0.4 is 21.8 Å². The molecule has 1 unspecified atom stereocenters. The summed E-state index contributed by atoms with van der Waals surface area (Å²) in [4.78, 5) is 40.3. The lowest BCUT2D eigenvalue weighted by molar-refractivity contribution is 0.0824. The molecule has 3 aromatic rings. The number of hydrogen-bond acceptors (Lipinski definition) is 6. The molecule has 0 bridgehead atoms. The van der Waals surface area contributed by atoms with E-state index < -0.39 is 11.1 Å². The van der Waals surface area contributed by atoms with Crippen molar-refractivity contribution >= 4 is 23.0 Å². The number of H-pyrrole nitrogens is 1. The van der Waals surface area contributed by atoms with Gasteiger partial charge in [-0.15, -0.1) is 0 Å². The van der Waals surface area contributed by atoms with Gasteiger partial charge in [-0.3, -0.25) is 19.5 Å². The fraction of sp³-hybridized carbons (Fsp3) is 0.320. The normalized spacial score (nSPS) is 11.6. The van der Waals surface area contributed by atoms with E-state index in [4.69, 9.17) is 0 Å². The van der Waals surface area contributed by atoms with Gasteiger partial charge >= 0.3 is 0 Å². The number of phenolic OH excluding ortho intramolecular Hbond substituents is 1. The zero-order valence-electron chi connectivity index (χ0n) is 19.9. The van der Waals surface area contributed by atoms with Gasteiger partial charge in [-0.05, 0) is 31.0 Å². The van der Waals surface area contributed by atoms with Crippen LogP contribution in [0.15, 0.2) is 58.1 Å². The Bertz CT molecular complexity index is 1260. The van der Waals surface area contributed by atoms with Gasteiger partial charge in [0, 0.05) is 20.1 Å². The van der Waals surface area contributed by atoms with Crippen LogP contribution in [0, 0.1) is 0 Å². The van der Waals surface area contributed by atoms with Crippen molar-refractivity contribution in [3.8, 4) is 5.75 Å². The second kappa shape index (κ2) is 10.7. The van der Waals surface area contributed by atoms with Crippen molar-refractivity contribution in [1.29, 1.82) is 0 Å². The number of para-hydroxylation sites is 1. The van der Waals surface area contributed by atoms with Crippen molar-refractivity contribution in [3.63, 3.8) is 0 Å². The highest BCUT2D eigenvalue weighted by molar-refractivity contribution is 5.98. The van der Waals surface area contributed by atoms with E-state index in [9.17, 15) is 19.5 Å². The molecule has 4 N–H and O–H groups in total. The van der Waals surface area contributed by atoms with E-state index in [2.05, 4.69) is 15.7 Å². The minimum absolute atomic E-state index is 0.00705. The van der Waals surface area contributed by atoms with Crippen LogP contribution in [0.2, 0.25) is 0 Å². The van der Waals surface area contributed by atoms with Crippen LogP contribution in [0.1, 0.15) is 42.6 Å². The number of anilines is 3. The maximum Gasteiger partial charge on any atom is 0.291 e. The molecule has 2 aromatic carbocycles. The van der Waals surface area contributed by atoms with Crippen LogP contribution >= 0.6 is 0 Å². The molecule has 1 atom stereocenters. The van der Waals surface area contributed by atoms with Crippen LogP contribution in [0.3, 0.4) is 0 Å². The van der Waals surface area contributed by atoms with E-state index in [1.165, 1.54) is 15.6 Å². The number of carbonyl (C=O) groups excluding carboxylic acids is 1. The van der Waals surface area contributed by atoms with Crippen molar-refractivity contribution in [1.82, 2.24) is 14.7 Å². The topological polar surface area (TPSA) is 119 Å². The van der Waals surface area contributed by atoms with E-state index in [0.29, 0.717) is 0 Å². The number of aromatic amines is 1. The van der Waals surface area contributed by atoms with Crippen molar-refractivity contribution in [2.45, 2.75) is 39.3 Å². The number of nitrogens with zero attached hydrogens (tertiary/aromatic N) is 2. The average Bonchev–Trinajstić information content (AvgIpc) is 2.81. The van der Waals surface area contributed by atoms with Crippen molar-refractivity contribution in [2.75, 3.05) is 24.7 Å². The highest BCUT2D eigenvalue weighted by atomic mass is 16.3. The van der Waals surface area contributed by atoms with E-state index in [1.807, 2.05) is 44.2 Å². The number of aromatic hydroxyl groups is 1. The molecule has 9 nitrogen and oxygen atoms in total. The van der Waals surface area contributed by atoms with E-state index in [-0.39, 0.29) is 46.9 Å². The number of aromatic nitrogens is 2. The molecular weight excluding hydrogens is 434 g/mol. The lowest BCUT2D eigenvalue weighted by Gasteiger charge is -2.20. The molecule has 180 valence electrons. The molecule has 0 spiro atoms. The first-order valence-electron chi connectivity index (χ1n) is 11.2. The Labute approximate surface area is 198 Å². The smallest absolute Gasteiger partial charge is 0.291 e.